The molecule has 0 aliphatic carbocycles. The number of amides is 1. The van der Waals surface area contributed by atoms with Crippen molar-refractivity contribution >= 4 is 17.6 Å². The van der Waals surface area contributed by atoms with E-state index < -0.39 is 6.09 Å². The second kappa shape index (κ2) is 7.15. The van der Waals surface area contributed by atoms with Crippen LogP contribution in [0.2, 0.25) is 0 Å². The van der Waals surface area contributed by atoms with Gasteiger partial charge in [-0.3, -0.25) is 0 Å². The molecule has 28 heavy (non-hydrogen) atoms. The molecule has 0 atom stereocenters. The van der Waals surface area contributed by atoms with Crippen LogP contribution in [0.5, 0.6) is 11.5 Å². The number of carbonyl (C=O) groups is 1. The van der Waals surface area contributed by atoms with Crippen molar-refractivity contribution in [3.05, 3.63) is 78.1 Å². The smallest absolute Gasteiger partial charge is 0.415 e. The van der Waals surface area contributed by atoms with Crippen molar-refractivity contribution in [2.24, 2.45) is 0 Å². The van der Waals surface area contributed by atoms with Crippen molar-refractivity contribution in [3.63, 3.8) is 0 Å². The standard InChI is InChI=1S/C22H20N2O4/c1-3-23(2)22(26)28-21-18-8-6-14-24(18)17-7-4-5-9-19(17)27-20(21)15-10-12-16(25)13-11-15/h4-14,25H,3H2,1-2H3. The Morgan fingerprint density at radius 2 is 1.86 bits per heavy atom. The Morgan fingerprint density at radius 1 is 1.11 bits per heavy atom. The highest BCUT2D eigenvalue weighted by Crippen LogP contribution is 2.38. The average Bonchev–Trinajstić information content (AvgIpc) is 3.16. The Labute approximate surface area is 162 Å². The van der Waals surface area contributed by atoms with Crippen LogP contribution in [-0.2, 0) is 4.74 Å². The van der Waals surface area contributed by atoms with Gasteiger partial charge in [0.1, 0.15) is 5.75 Å². The summed E-state index contributed by atoms with van der Waals surface area (Å²) in [5.41, 5.74) is 2.23. The molecule has 0 radical (unpaired) electrons. The van der Waals surface area contributed by atoms with Crippen molar-refractivity contribution in [2.75, 3.05) is 13.6 Å². The lowest BCUT2D eigenvalue weighted by atomic mass is 10.1. The second-order valence-corrected chi connectivity index (χ2v) is 6.42. The number of nitrogens with zero attached hydrogens (tertiary/aromatic N) is 2. The fourth-order valence-electron chi connectivity index (χ4n) is 2.99. The van der Waals surface area contributed by atoms with Crippen LogP contribution in [0, 0.1) is 0 Å². The molecule has 1 amide bonds. The first kappa shape index (κ1) is 17.7. The molecule has 0 fully saturated rings. The summed E-state index contributed by atoms with van der Waals surface area (Å²) >= 11 is 0. The van der Waals surface area contributed by atoms with E-state index in [1.807, 2.05) is 54.1 Å². The minimum atomic E-state index is -0.476. The molecule has 6 nitrogen and oxygen atoms in total. The van der Waals surface area contributed by atoms with Gasteiger partial charge in [-0.15, -0.1) is 0 Å². The minimum absolute atomic E-state index is 0.144. The Morgan fingerprint density at radius 3 is 2.61 bits per heavy atom. The topological polar surface area (TPSA) is 63.9 Å². The summed E-state index contributed by atoms with van der Waals surface area (Å²) in [5, 5.41) is 9.66. The number of para-hydroxylation sites is 2. The summed E-state index contributed by atoms with van der Waals surface area (Å²) in [6.45, 7) is 2.39. The number of phenolic OH excluding ortho intramolecular Hbond substituents is 1. The molecule has 1 aromatic heterocycles. The third-order valence-electron chi connectivity index (χ3n) is 4.63. The van der Waals surface area contributed by atoms with Gasteiger partial charge in [0.25, 0.3) is 0 Å². The molecule has 0 bridgehead atoms. The third kappa shape index (κ3) is 3.09. The molecule has 6 heteroatoms. The molecule has 3 aromatic rings. The highest BCUT2D eigenvalue weighted by Gasteiger charge is 2.27. The van der Waals surface area contributed by atoms with Crippen molar-refractivity contribution in [1.29, 1.82) is 0 Å². The second-order valence-electron chi connectivity index (χ2n) is 6.42. The SMILES string of the molecule is CCN(C)C(=O)OC1=C(c2ccc(O)cc2)Oc2ccccc2-n2cccc21. The number of carbonyl (C=O) groups excluding carboxylic acids is 1. The van der Waals surface area contributed by atoms with Crippen molar-refractivity contribution < 1.29 is 19.4 Å². The lowest BCUT2D eigenvalue weighted by molar-refractivity contribution is 0.155. The van der Waals surface area contributed by atoms with E-state index in [-0.39, 0.29) is 5.75 Å². The molecule has 0 unspecified atom stereocenters. The molecule has 0 saturated heterocycles. The van der Waals surface area contributed by atoms with E-state index in [2.05, 4.69) is 0 Å². The van der Waals surface area contributed by atoms with Gasteiger partial charge in [0, 0.05) is 25.4 Å². The molecule has 2 heterocycles. The van der Waals surface area contributed by atoms with Crippen LogP contribution in [0.1, 0.15) is 18.2 Å². The number of aromatic hydroxyl groups is 1. The van der Waals surface area contributed by atoms with Crippen LogP contribution in [0.15, 0.2) is 66.9 Å². The number of hydrogen-bond acceptors (Lipinski definition) is 4. The van der Waals surface area contributed by atoms with Gasteiger partial charge in [-0.1, -0.05) is 12.1 Å². The van der Waals surface area contributed by atoms with Crippen LogP contribution >= 0.6 is 0 Å². The van der Waals surface area contributed by atoms with Gasteiger partial charge >= 0.3 is 6.09 Å². The van der Waals surface area contributed by atoms with Crippen LogP contribution in [0.3, 0.4) is 0 Å². The Balaban J connectivity index is 1.93. The van der Waals surface area contributed by atoms with Crippen LogP contribution in [-0.4, -0.2) is 34.3 Å². The summed E-state index contributed by atoms with van der Waals surface area (Å²) in [6.07, 6.45) is 1.42. The van der Waals surface area contributed by atoms with Gasteiger partial charge in [-0.05, 0) is 55.5 Å². The first-order chi connectivity index (χ1) is 13.6. The molecule has 0 spiro atoms. The maximum atomic E-state index is 12.6. The van der Waals surface area contributed by atoms with Gasteiger partial charge in [-0.25, -0.2) is 4.79 Å². The number of ether oxygens (including phenoxy) is 2. The first-order valence-electron chi connectivity index (χ1n) is 9.00. The molecule has 1 N–H and O–H groups in total. The summed E-state index contributed by atoms with van der Waals surface area (Å²) in [5.74, 6) is 1.50. The zero-order valence-electron chi connectivity index (χ0n) is 15.6. The Bertz CT molecular complexity index is 1050. The number of hydrogen-bond donors (Lipinski definition) is 1. The highest BCUT2D eigenvalue weighted by molar-refractivity contribution is 5.90. The van der Waals surface area contributed by atoms with E-state index in [0.717, 1.165) is 5.69 Å². The monoisotopic (exact) mass is 376 g/mol. The van der Waals surface area contributed by atoms with Gasteiger partial charge in [-0.2, -0.15) is 0 Å². The lowest BCUT2D eigenvalue weighted by Crippen LogP contribution is -2.27. The molecular formula is C22H20N2O4. The van der Waals surface area contributed by atoms with Gasteiger partial charge in [0.15, 0.2) is 17.3 Å². The fraction of sp³-hybridized carbons (Fsp3) is 0.136. The van der Waals surface area contributed by atoms with Crippen LogP contribution in [0.25, 0.3) is 17.2 Å². The summed E-state index contributed by atoms with van der Waals surface area (Å²) in [4.78, 5) is 14.0. The van der Waals surface area contributed by atoms with Gasteiger partial charge in [0.2, 0.25) is 0 Å². The van der Waals surface area contributed by atoms with E-state index in [0.29, 0.717) is 35.1 Å². The summed E-state index contributed by atoms with van der Waals surface area (Å²) < 4.78 is 14.0. The van der Waals surface area contributed by atoms with Gasteiger partial charge < -0.3 is 24.0 Å². The average molecular weight is 376 g/mol. The van der Waals surface area contributed by atoms with E-state index in [1.54, 1.807) is 31.3 Å². The molecule has 1 aliphatic rings. The van der Waals surface area contributed by atoms with E-state index in [9.17, 15) is 9.90 Å². The van der Waals surface area contributed by atoms with Crippen LogP contribution in [0.4, 0.5) is 4.79 Å². The van der Waals surface area contributed by atoms with Crippen LogP contribution < -0.4 is 4.74 Å². The lowest BCUT2D eigenvalue weighted by Gasteiger charge is -2.18. The minimum Gasteiger partial charge on any atom is -0.508 e. The van der Waals surface area contributed by atoms with E-state index in [4.69, 9.17) is 9.47 Å². The quantitative estimate of drug-likeness (QED) is 0.732. The Hall–Kier alpha value is -3.67. The molecule has 2 aromatic carbocycles. The normalized spacial score (nSPS) is 12.5. The number of phenols is 1. The molecule has 1 aliphatic heterocycles. The highest BCUT2D eigenvalue weighted by atomic mass is 16.6. The Kier molecular flexibility index (Phi) is 4.53. The summed E-state index contributed by atoms with van der Waals surface area (Å²) in [6, 6.07) is 18.0. The summed E-state index contributed by atoms with van der Waals surface area (Å²) in [7, 11) is 1.68. The predicted octanol–water partition coefficient (Wildman–Crippen LogP) is 4.49. The van der Waals surface area contributed by atoms with E-state index in [1.165, 1.54) is 4.90 Å². The van der Waals surface area contributed by atoms with E-state index >= 15 is 0 Å². The largest absolute Gasteiger partial charge is 0.508 e. The predicted molar refractivity (Wildman–Crippen MR) is 106 cm³/mol. The maximum Gasteiger partial charge on any atom is 0.415 e. The van der Waals surface area contributed by atoms with Crippen molar-refractivity contribution in [2.45, 2.75) is 6.92 Å². The number of rotatable bonds is 3. The van der Waals surface area contributed by atoms with Crippen molar-refractivity contribution in [3.8, 4) is 17.2 Å². The first-order valence-corrected chi connectivity index (χ1v) is 9.00. The zero-order chi connectivity index (χ0) is 19.7. The molecule has 0 saturated carbocycles. The van der Waals surface area contributed by atoms with Crippen molar-refractivity contribution in [1.82, 2.24) is 9.47 Å². The number of benzene rings is 2. The number of aromatic nitrogens is 1. The molecule has 142 valence electrons. The zero-order valence-corrected chi connectivity index (χ0v) is 15.6. The molecule has 4 rings (SSSR count). The number of fused-ring (bicyclic) bond motifs is 3. The fourth-order valence-corrected chi connectivity index (χ4v) is 2.99. The maximum absolute atomic E-state index is 12.6. The third-order valence-corrected chi connectivity index (χ3v) is 4.63. The molecular weight excluding hydrogens is 356 g/mol. The van der Waals surface area contributed by atoms with Gasteiger partial charge in [0.05, 0.1) is 11.4 Å².